The molecule has 2 rings (SSSR count). The van der Waals surface area contributed by atoms with E-state index in [9.17, 15) is 8.42 Å². The van der Waals surface area contributed by atoms with Gasteiger partial charge in [0, 0.05) is 17.2 Å². The van der Waals surface area contributed by atoms with Crippen LogP contribution in [-0.4, -0.2) is 26.0 Å². The maximum Gasteiger partial charge on any atom is 0.150 e. The molecule has 2 N–H and O–H groups in total. The molecule has 1 unspecified atom stereocenters. The zero-order valence-electron chi connectivity index (χ0n) is 11.5. The van der Waals surface area contributed by atoms with Crippen molar-refractivity contribution in [3.63, 3.8) is 0 Å². The van der Waals surface area contributed by atoms with Crippen LogP contribution in [0.1, 0.15) is 38.2 Å². The van der Waals surface area contributed by atoms with Crippen molar-refractivity contribution in [3.8, 4) is 0 Å². The monoisotopic (exact) mass is 281 g/mol. The van der Waals surface area contributed by atoms with Crippen molar-refractivity contribution in [1.82, 2.24) is 0 Å². The lowest BCUT2D eigenvalue weighted by atomic mass is 9.86. The van der Waals surface area contributed by atoms with Gasteiger partial charge in [-0.2, -0.15) is 0 Å². The molecule has 19 heavy (non-hydrogen) atoms. The van der Waals surface area contributed by atoms with E-state index in [2.05, 4.69) is 12.1 Å². The Labute approximate surface area is 116 Å². The van der Waals surface area contributed by atoms with Gasteiger partial charge in [-0.15, -0.1) is 0 Å². The molecule has 1 atom stereocenters. The first-order valence-electron chi connectivity index (χ1n) is 7.02. The maximum atomic E-state index is 11.5. The zero-order valence-corrected chi connectivity index (χ0v) is 12.3. The number of rotatable bonds is 7. The zero-order chi connectivity index (χ0) is 13.9. The Morgan fingerprint density at radius 2 is 1.89 bits per heavy atom. The van der Waals surface area contributed by atoms with E-state index in [1.165, 1.54) is 5.56 Å². The highest BCUT2D eigenvalue weighted by atomic mass is 32.2. The summed E-state index contributed by atoms with van der Waals surface area (Å²) in [4.78, 5) is 0. The number of hydrogen-bond donors (Lipinski definition) is 1. The molecule has 1 saturated carbocycles. The summed E-state index contributed by atoms with van der Waals surface area (Å²) in [6.07, 6.45) is 3.71. The van der Waals surface area contributed by atoms with Crippen LogP contribution in [0.3, 0.4) is 0 Å². The molecule has 1 aliphatic carbocycles. The minimum Gasteiger partial charge on any atom is -0.327 e. The van der Waals surface area contributed by atoms with Crippen LogP contribution in [0, 0.1) is 0 Å². The van der Waals surface area contributed by atoms with Gasteiger partial charge in [0.1, 0.15) is 9.84 Å². The van der Waals surface area contributed by atoms with Crippen LogP contribution in [-0.2, 0) is 15.3 Å². The average molecular weight is 281 g/mol. The van der Waals surface area contributed by atoms with E-state index in [1.807, 2.05) is 18.2 Å². The molecule has 1 aromatic rings. The fourth-order valence-corrected chi connectivity index (χ4v) is 3.62. The van der Waals surface area contributed by atoms with E-state index < -0.39 is 9.84 Å². The molecule has 0 spiro atoms. The first kappa shape index (κ1) is 14.5. The molecule has 0 saturated heterocycles. The molecule has 0 bridgehead atoms. The van der Waals surface area contributed by atoms with Crippen molar-refractivity contribution < 1.29 is 8.42 Å². The Kier molecular flexibility index (Phi) is 4.31. The number of benzene rings is 1. The lowest BCUT2D eigenvalue weighted by Crippen LogP contribution is -2.35. The third-order valence-corrected chi connectivity index (χ3v) is 6.05. The van der Waals surface area contributed by atoms with Crippen LogP contribution in [0.5, 0.6) is 0 Å². The van der Waals surface area contributed by atoms with Gasteiger partial charge in [-0.05, 0) is 31.2 Å². The van der Waals surface area contributed by atoms with Gasteiger partial charge in [-0.1, -0.05) is 37.3 Å². The molecular formula is C15H23NO2S. The molecule has 0 heterocycles. The molecule has 0 amide bonds. The Hall–Kier alpha value is -0.870. The van der Waals surface area contributed by atoms with Crippen LogP contribution in [0.2, 0.25) is 0 Å². The average Bonchev–Trinajstić information content (AvgIpc) is 3.21. The van der Waals surface area contributed by atoms with Crippen LogP contribution < -0.4 is 5.73 Å². The summed E-state index contributed by atoms with van der Waals surface area (Å²) in [6, 6.07) is 10.4. The molecule has 3 nitrogen and oxygen atoms in total. The van der Waals surface area contributed by atoms with E-state index in [-0.39, 0.29) is 23.0 Å². The van der Waals surface area contributed by atoms with Crippen LogP contribution in [0.4, 0.5) is 0 Å². The Morgan fingerprint density at radius 1 is 1.26 bits per heavy atom. The van der Waals surface area contributed by atoms with Gasteiger partial charge in [0.05, 0.1) is 5.75 Å². The summed E-state index contributed by atoms with van der Waals surface area (Å²) in [6.45, 7) is 1.70. The molecule has 1 fully saturated rings. The topological polar surface area (TPSA) is 60.2 Å². The van der Waals surface area contributed by atoms with Crippen LogP contribution >= 0.6 is 0 Å². The second-order valence-electron chi connectivity index (χ2n) is 5.51. The summed E-state index contributed by atoms with van der Waals surface area (Å²) in [7, 11) is -2.86. The lowest BCUT2D eigenvalue weighted by molar-refractivity contribution is 0.478. The van der Waals surface area contributed by atoms with E-state index in [1.54, 1.807) is 6.92 Å². The molecule has 106 valence electrons. The first-order valence-corrected chi connectivity index (χ1v) is 8.84. The molecule has 0 aliphatic heterocycles. The lowest BCUT2D eigenvalue weighted by Gasteiger charge is -2.23. The highest BCUT2D eigenvalue weighted by molar-refractivity contribution is 7.91. The number of hydrogen-bond acceptors (Lipinski definition) is 3. The maximum absolute atomic E-state index is 11.5. The minimum absolute atomic E-state index is 0.0713. The van der Waals surface area contributed by atoms with Crippen molar-refractivity contribution in [2.24, 2.45) is 5.73 Å². The normalized spacial score (nSPS) is 19.1. The van der Waals surface area contributed by atoms with E-state index in [4.69, 9.17) is 5.73 Å². The highest BCUT2D eigenvalue weighted by Gasteiger charge is 2.48. The molecular weight excluding hydrogens is 258 g/mol. The Morgan fingerprint density at radius 3 is 2.42 bits per heavy atom. The Bertz CT molecular complexity index is 506. The second-order valence-corrected chi connectivity index (χ2v) is 7.98. The molecule has 0 radical (unpaired) electrons. The molecule has 4 heteroatoms. The predicted molar refractivity (Wildman–Crippen MR) is 78.9 cm³/mol. The summed E-state index contributed by atoms with van der Waals surface area (Å²) < 4.78 is 23.0. The SMILES string of the molecule is CCS(=O)(=O)CCCC(N)C1(c2ccccc2)CC1. The largest absolute Gasteiger partial charge is 0.327 e. The number of sulfone groups is 1. The molecule has 1 aliphatic rings. The first-order chi connectivity index (χ1) is 9.00. The van der Waals surface area contributed by atoms with Gasteiger partial charge in [0.15, 0.2) is 0 Å². The van der Waals surface area contributed by atoms with Gasteiger partial charge in [-0.3, -0.25) is 0 Å². The van der Waals surface area contributed by atoms with Crippen molar-refractivity contribution in [1.29, 1.82) is 0 Å². The van der Waals surface area contributed by atoms with E-state index >= 15 is 0 Å². The highest BCUT2D eigenvalue weighted by Crippen LogP contribution is 2.51. The van der Waals surface area contributed by atoms with Crippen molar-refractivity contribution >= 4 is 9.84 Å². The third kappa shape index (κ3) is 3.37. The summed E-state index contributed by atoms with van der Waals surface area (Å²) in [5.74, 6) is 0.494. The summed E-state index contributed by atoms with van der Waals surface area (Å²) >= 11 is 0. The quantitative estimate of drug-likeness (QED) is 0.834. The van der Waals surface area contributed by atoms with Gasteiger partial charge in [-0.25, -0.2) is 8.42 Å². The van der Waals surface area contributed by atoms with Crippen molar-refractivity contribution in [2.45, 2.75) is 44.1 Å². The van der Waals surface area contributed by atoms with E-state index in [0.717, 1.165) is 19.3 Å². The van der Waals surface area contributed by atoms with Crippen LogP contribution in [0.15, 0.2) is 30.3 Å². The molecule has 0 aromatic heterocycles. The summed E-state index contributed by atoms with van der Waals surface area (Å²) in [5, 5.41) is 0. The summed E-state index contributed by atoms with van der Waals surface area (Å²) in [5.41, 5.74) is 7.74. The van der Waals surface area contributed by atoms with Gasteiger partial charge >= 0.3 is 0 Å². The van der Waals surface area contributed by atoms with Crippen LogP contribution in [0.25, 0.3) is 0 Å². The fraction of sp³-hybridized carbons (Fsp3) is 0.600. The molecule has 1 aromatic carbocycles. The Balaban J connectivity index is 1.92. The smallest absolute Gasteiger partial charge is 0.150 e. The second kappa shape index (κ2) is 5.63. The number of nitrogens with two attached hydrogens (primary N) is 1. The standard InChI is InChI=1S/C15H23NO2S/c1-2-19(17,18)12-6-9-14(16)15(10-11-15)13-7-4-3-5-8-13/h3-5,7-8,14H,2,6,9-12,16H2,1H3. The predicted octanol–water partition coefficient (Wildman–Crippen LogP) is 2.26. The van der Waals surface area contributed by atoms with Crippen molar-refractivity contribution in [3.05, 3.63) is 35.9 Å². The van der Waals surface area contributed by atoms with E-state index in [0.29, 0.717) is 6.42 Å². The minimum atomic E-state index is -2.86. The van der Waals surface area contributed by atoms with Gasteiger partial charge in [0.2, 0.25) is 0 Å². The fourth-order valence-electron chi connectivity index (χ4n) is 2.72. The van der Waals surface area contributed by atoms with Gasteiger partial charge in [0.25, 0.3) is 0 Å². The third-order valence-electron chi connectivity index (χ3n) is 4.26. The van der Waals surface area contributed by atoms with Crippen molar-refractivity contribution in [2.75, 3.05) is 11.5 Å². The van der Waals surface area contributed by atoms with Gasteiger partial charge < -0.3 is 5.73 Å².